The highest BCUT2D eigenvalue weighted by atomic mass is 32.2. The Bertz CT molecular complexity index is 1300. The van der Waals surface area contributed by atoms with Crippen LogP contribution in [0.5, 0.6) is 5.88 Å². The molecule has 0 spiro atoms. The molecule has 0 amide bonds. The zero-order valence-electron chi connectivity index (χ0n) is 17.0. The molecule has 0 saturated carbocycles. The van der Waals surface area contributed by atoms with Gasteiger partial charge < -0.3 is 10.1 Å². The lowest BCUT2D eigenvalue weighted by Crippen LogP contribution is -2.26. The van der Waals surface area contributed by atoms with Crippen molar-refractivity contribution in [2.45, 2.75) is 25.2 Å². The van der Waals surface area contributed by atoms with Gasteiger partial charge in [-0.1, -0.05) is 55.1 Å². The fraction of sp³-hybridized carbons (Fsp3) is 0.182. The van der Waals surface area contributed by atoms with Crippen LogP contribution in [0.3, 0.4) is 0 Å². The van der Waals surface area contributed by atoms with Crippen molar-refractivity contribution in [1.29, 1.82) is 0 Å². The maximum Gasteiger partial charge on any atom is 0.280 e. The molecule has 5 rings (SSSR count). The number of rotatable bonds is 4. The van der Waals surface area contributed by atoms with E-state index in [1.165, 1.54) is 16.4 Å². The Morgan fingerprint density at radius 1 is 1.10 bits per heavy atom. The van der Waals surface area contributed by atoms with Gasteiger partial charge >= 0.3 is 0 Å². The number of fused-ring (bicyclic) bond motifs is 3. The van der Waals surface area contributed by atoms with E-state index in [-0.39, 0.29) is 5.56 Å². The highest BCUT2D eigenvalue weighted by Crippen LogP contribution is 2.39. The zero-order valence-corrected chi connectivity index (χ0v) is 17.8. The number of nitrogens with zero attached hydrogens (tertiary/aromatic N) is 4. The molecule has 0 fully saturated rings. The molecule has 3 heterocycles. The Kier molecular flexibility index (Phi) is 4.95. The molecule has 1 aliphatic rings. The SMILES string of the molecule is CCSc1nnc2c(n1)O[C@@H](c1c(C)[nH]n(-c3ccccc3)c1=O)Nc1ccccc1-2. The van der Waals surface area contributed by atoms with E-state index in [9.17, 15) is 4.79 Å². The summed E-state index contributed by atoms with van der Waals surface area (Å²) < 4.78 is 7.77. The number of aryl methyl sites for hydroxylation is 1. The average Bonchev–Trinajstić information content (AvgIpc) is 2.98. The number of para-hydroxylation sites is 2. The molecule has 156 valence electrons. The maximum absolute atomic E-state index is 13.4. The predicted octanol–water partition coefficient (Wildman–Crippen LogP) is 3.94. The van der Waals surface area contributed by atoms with Crippen LogP contribution in [0.25, 0.3) is 16.9 Å². The third-order valence-electron chi connectivity index (χ3n) is 5.00. The van der Waals surface area contributed by atoms with Crippen molar-refractivity contribution in [3.63, 3.8) is 0 Å². The molecule has 2 aromatic heterocycles. The van der Waals surface area contributed by atoms with Crippen molar-refractivity contribution in [2.75, 3.05) is 11.1 Å². The van der Waals surface area contributed by atoms with Gasteiger partial charge in [-0.05, 0) is 30.9 Å². The van der Waals surface area contributed by atoms with Crippen LogP contribution in [0.2, 0.25) is 0 Å². The normalized spacial score (nSPS) is 14.7. The molecule has 0 aliphatic carbocycles. The molecule has 0 bridgehead atoms. The Labute approximate surface area is 182 Å². The van der Waals surface area contributed by atoms with Gasteiger partial charge in [0.1, 0.15) is 5.56 Å². The maximum atomic E-state index is 13.4. The van der Waals surface area contributed by atoms with Crippen LogP contribution < -0.4 is 15.6 Å². The standard InChI is InChI=1S/C22H20N6O2S/c1-3-31-22-24-20-18(25-26-22)15-11-7-8-12-16(15)23-19(30-20)17-13(2)27-28(21(17)29)14-9-5-4-6-10-14/h4-12,19,23,27H,3H2,1-2H3/t19-/m0/s1. The summed E-state index contributed by atoms with van der Waals surface area (Å²) in [6.45, 7) is 3.88. The molecule has 0 unspecified atom stereocenters. The number of H-pyrrole nitrogens is 1. The summed E-state index contributed by atoms with van der Waals surface area (Å²) in [5, 5.41) is 15.6. The van der Waals surface area contributed by atoms with Crippen LogP contribution >= 0.6 is 11.8 Å². The van der Waals surface area contributed by atoms with Gasteiger partial charge in [-0.15, -0.1) is 10.2 Å². The van der Waals surface area contributed by atoms with Gasteiger partial charge in [0.05, 0.1) is 5.69 Å². The molecule has 1 atom stereocenters. The summed E-state index contributed by atoms with van der Waals surface area (Å²) in [6.07, 6.45) is -0.743. The van der Waals surface area contributed by atoms with Gasteiger partial charge in [0, 0.05) is 16.9 Å². The molecular weight excluding hydrogens is 412 g/mol. The monoisotopic (exact) mass is 432 g/mol. The lowest BCUT2D eigenvalue weighted by Gasteiger charge is -2.17. The number of hydrogen-bond donors (Lipinski definition) is 2. The van der Waals surface area contributed by atoms with Crippen LogP contribution in [0.4, 0.5) is 5.69 Å². The van der Waals surface area contributed by atoms with E-state index in [1.54, 1.807) is 0 Å². The second-order valence-corrected chi connectivity index (χ2v) is 8.23. The number of nitrogens with one attached hydrogen (secondary N) is 2. The Morgan fingerprint density at radius 3 is 2.68 bits per heavy atom. The van der Waals surface area contributed by atoms with Gasteiger partial charge in [0.15, 0.2) is 5.69 Å². The largest absolute Gasteiger partial charge is 0.447 e. The van der Waals surface area contributed by atoms with E-state index in [4.69, 9.17) is 4.74 Å². The van der Waals surface area contributed by atoms with E-state index in [0.29, 0.717) is 28.0 Å². The van der Waals surface area contributed by atoms with Crippen LogP contribution in [0, 0.1) is 6.92 Å². The first-order valence-corrected chi connectivity index (χ1v) is 10.9. The molecule has 9 heteroatoms. The minimum Gasteiger partial charge on any atom is -0.447 e. The molecule has 2 N–H and O–H groups in total. The van der Waals surface area contributed by atoms with Gasteiger partial charge in [-0.25, -0.2) is 4.68 Å². The van der Waals surface area contributed by atoms with Crippen molar-refractivity contribution in [1.82, 2.24) is 25.0 Å². The fourth-order valence-corrected chi connectivity index (χ4v) is 4.10. The summed E-state index contributed by atoms with van der Waals surface area (Å²) in [5.74, 6) is 1.16. The smallest absolute Gasteiger partial charge is 0.280 e. The zero-order chi connectivity index (χ0) is 21.4. The summed E-state index contributed by atoms with van der Waals surface area (Å²) in [5.41, 5.74) is 3.92. The van der Waals surface area contributed by atoms with E-state index < -0.39 is 6.23 Å². The fourth-order valence-electron chi connectivity index (χ4n) is 3.60. The van der Waals surface area contributed by atoms with Crippen molar-refractivity contribution < 1.29 is 4.74 Å². The number of aromatic amines is 1. The van der Waals surface area contributed by atoms with Crippen molar-refractivity contribution >= 4 is 17.4 Å². The topological polar surface area (TPSA) is 97.7 Å². The second kappa shape index (κ2) is 7.92. The number of thioether (sulfide) groups is 1. The van der Waals surface area contributed by atoms with Crippen molar-refractivity contribution in [2.24, 2.45) is 0 Å². The van der Waals surface area contributed by atoms with Crippen LogP contribution in [0.1, 0.15) is 24.4 Å². The van der Waals surface area contributed by atoms with E-state index in [0.717, 1.165) is 22.7 Å². The molecular formula is C22H20N6O2S. The first-order chi connectivity index (χ1) is 15.2. The molecule has 1 aliphatic heterocycles. The van der Waals surface area contributed by atoms with Gasteiger partial charge in [-0.2, -0.15) is 4.98 Å². The quantitative estimate of drug-likeness (QED) is 0.471. The van der Waals surface area contributed by atoms with E-state index in [2.05, 4.69) is 25.6 Å². The van der Waals surface area contributed by atoms with E-state index >= 15 is 0 Å². The third-order valence-corrected chi connectivity index (χ3v) is 5.72. The average molecular weight is 433 g/mol. The molecule has 8 nitrogen and oxygen atoms in total. The van der Waals surface area contributed by atoms with Gasteiger partial charge in [-0.3, -0.25) is 9.89 Å². The van der Waals surface area contributed by atoms with Crippen LogP contribution in [-0.4, -0.2) is 30.7 Å². The first kappa shape index (κ1) is 19.4. The lowest BCUT2D eigenvalue weighted by molar-refractivity contribution is 0.223. The van der Waals surface area contributed by atoms with Gasteiger partial charge in [0.25, 0.3) is 5.56 Å². The van der Waals surface area contributed by atoms with Crippen molar-refractivity contribution in [3.05, 3.63) is 76.2 Å². The first-order valence-electron chi connectivity index (χ1n) is 9.92. The number of ether oxygens (including phenoxy) is 1. The minimum atomic E-state index is -0.743. The Morgan fingerprint density at radius 2 is 1.87 bits per heavy atom. The number of aromatic nitrogens is 5. The summed E-state index contributed by atoms with van der Waals surface area (Å²) in [4.78, 5) is 17.9. The summed E-state index contributed by atoms with van der Waals surface area (Å²) >= 11 is 1.48. The van der Waals surface area contributed by atoms with Crippen molar-refractivity contribution in [3.8, 4) is 22.8 Å². The number of anilines is 1. The molecule has 4 aromatic rings. The Hall–Kier alpha value is -3.59. The van der Waals surface area contributed by atoms with Gasteiger partial charge in [0.2, 0.25) is 17.3 Å². The summed E-state index contributed by atoms with van der Waals surface area (Å²) in [7, 11) is 0. The predicted molar refractivity (Wildman–Crippen MR) is 120 cm³/mol. The lowest BCUT2D eigenvalue weighted by atomic mass is 10.1. The highest BCUT2D eigenvalue weighted by Gasteiger charge is 2.30. The highest BCUT2D eigenvalue weighted by molar-refractivity contribution is 7.99. The molecule has 31 heavy (non-hydrogen) atoms. The number of benzene rings is 2. The molecule has 0 saturated heterocycles. The van der Waals surface area contributed by atoms with Crippen LogP contribution in [-0.2, 0) is 0 Å². The third kappa shape index (κ3) is 3.46. The van der Waals surface area contributed by atoms with E-state index in [1.807, 2.05) is 68.4 Å². The second-order valence-electron chi connectivity index (χ2n) is 7.00. The number of hydrogen-bond acceptors (Lipinski definition) is 7. The Balaban J connectivity index is 1.64. The van der Waals surface area contributed by atoms with Crippen LogP contribution in [0.15, 0.2) is 64.5 Å². The molecule has 0 radical (unpaired) electrons. The summed E-state index contributed by atoms with van der Waals surface area (Å²) in [6, 6.07) is 17.1. The minimum absolute atomic E-state index is 0.188. The molecule has 2 aromatic carbocycles.